The Morgan fingerprint density at radius 1 is 1.32 bits per heavy atom. The van der Waals surface area contributed by atoms with Crippen molar-refractivity contribution >= 4 is 11.8 Å². The van der Waals surface area contributed by atoms with Gasteiger partial charge in [-0.2, -0.15) is 8.78 Å². The van der Waals surface area contributed by atoms with Gasteiger partial charge >= 0.3 is 12.7 Å². The van der Waals surface area contributed by atoms with Crippen LogP contribution in [0.5, 0.6) is 5.75 Å². The predicted molar refractivity (Wildman–Crippen MR) is 92.1 cm³/mol. The van der Waals surface area contributed by atoms with Crippen molar-refractivity contribution in [1.29, 1.82) is 0 Å². The van der Waals surface area contributed by atoms with Crippen LogP contribution in [0.1, 0.15) is 33.6 Å². The molecule has 1 aliphatic heterocycles. The Bertz CT molecular complexity index is 558. The Morgan fingerprint density at radius 2 is 2.00 bits per heavy atom. The second kappa shape index (κ2) is 8.36. The quantitative estimate of drug-likeness (QED) is 0.852. The number of hydrogen-bond acceptors (Lipinski definition) is 4. The maximum Gasteiger partial charge on any atom is 0.410 e. The molecule has 1 atom stereocenters. The maximum absolute atomic E-state index is 12.2. The van der Waals surface area contributed by atoms with Crippen LogP contribution in [0.3, 0.4) is 0 Å². The number of rotatable bonds is 5. The molecule has 1 aromatic rings. The van der Waals surface area contributed by atoms with Crippen LogP contribution in [0, 0.1) is 5.92 Å². The number of hydrogen-bond donors (Lipinski definition) is 1. The van der Waals surface area contributed by atoms with Crippen LogP contribution in [-0.4, -0.2) is 42.8 Å². The standard InChI is InChI=1S/C18H26F2N2O3/c1-18(2,3)25-17(23)22-10-4-5-13(12-22)11-21-14-6-8-15(9-7-14)24-16(19)20/h6-9,13,16,21H,4-5,10-12H2,1-3H3. The molecule has 1 heterocycles. The first-order chi connectivity index (χ1) is 11.7. The normalized spacial score (nSPS) is 18.2. The summed E-state index contributed by atoms with van der Waals surface area (Å²) < 4.78 is 34.0. The molecule has 0 bridgehead atoms. The molecule has 0 spiro atoms. The van der Waals surface area contributed by atoms with Gasteiger partial charge in [0, 0.05) is 25.3 Å². The van der Waals surface area contributed by atoms with E-state index in [1.165, 1.54) is 12.1 Å². The zero-order valence-corrected chi connectivity index (χ0v) is 14.9. The highest BCUT2D eigenvalue weighted by atomic mass is 19.3. The fraction of sp³-hybridized carbons (Fsp3) is 0.611. The van der Waals surface area contributed by atoms with Crippen LogP contribution in [0.4, 0.5) is 19.3 Å². The summed E-state index contributed by atoms with van der Waals surface area (Å²) in [5, 5.41) is 3.28. The fourth-order valence-corrected chi connectivity index (χ4v) is 2.74. The lowest BCUT2D eigenvalue weighted by Crippen LogP contribution is -2.44. The first kappa shape index (κ1) is 19.3. The summed E-state index contributed by atoms with van der Waals surface area (Å²) in [6, 6.07) is 6.41. The van der Waals surface area contributed by atoms with Crippen LogP contribution in [-0.2, 0) is 4.74 Å². The van der Waals surface area contributed by atoms with Gasteiger partial charge in [-0.25, -0.2) is 4.79 Å². The number of piperidine rings is 1. The fourth-order valence-electron chi connectivity index (χ4n) is 2.74. The van der Waals surface area contributed by atoms with Crippen molar-refractivity contribution in [3.63, 3.8) is 0 Å². The minimum Gasteiger partial charge on any atom is -0.444 e. The third kappa shape index (κ3) is 6.76. The summed E-state index contributed by atoms with van der Waals surface area (Å²) in [4.78, 5) is 13.9. The van der Waals surface area contributed by atoms with Crippen molar-refractivity contribution in [3.8, 4) is 5.75 Å². The summed E-state index contributed by atoms with van der Waals surface area (Å²) in [7, 11) is 0. The molecule has 25 heavy (non-hydrogen) atoms. The second-order valence-corrected chi connectivity index (χ2v) is 7.22. The molecule has 2 rings (SSSR count). The zero-order valence-electron chi connectivity index (χ0n) is 14.9. The van der Waals surface area contributed by atoms with Crippen LogP contribution < -0.4 is 10.1 Å². The van der Waals surface area contributed by atoms with Crippen molar-refractivity contribution < 1.29 is 23.0 Å². The molecule has 1 fully saturated rings. The third-order valence-electron chi connectivity index (χ3n) is 3.85. The molecule has 1 aliphatic rings. The summed E-state index contributed by atoms with van der Waals surface area (Å²) in [5.41, 5.74) is 0.334. The number of benzene rings is 1. The van der Waals surface area contributed by atoms with E-state index in [1.807, 2.05) is 20.8 Å². The first-order valence-electron chi connectivity index (χ1n) is 8.49. The Kier molecular flexibility index (Phi) is 6.45. The van der Waals surface area contributed by atoms with E-state index in [-0.39, 0.29) is 11.8 Å². The minimum absolute atomic E-state index is 0.134. The maximum atomic E-state index is 12.2. The van der Waals surface area contributed by atoms with Gasteiger partial charge in [-0.3, -0.25) is 0 Å². The molecule has 140 valence electrons. The van der Waals surface area contributed by atoms with Gasteiger partial charge in [0.1, 0.15) is 11.4 Å². The van der Waals surface area contributed by atoms with Crippen LogP contribution in [0.2, 0.25) is 0 Å². The van der Waals surface area contributed by atoms with Crippen LogP contribution in [0.15, 0.2) is 24.3 Å². The van der Waals surface area contributed by atoms with Crippen molar-refractivity contribution in [2.24, 2.45) is 5.92 Å². The number of nitrogens with zero attached hydrogens (tertiary/aromatic N) is 1. The van der Waals surface area contributed by atoms with E-state index in [9.17, 15) is 13.6 Å². The van der Waals surface area contributed by atoms with Crippen molar-refractivity contribution in [2.75, 3.05) is 25.0 Å². The molecule has 0 radical (unpaired) electrons. The highest BCUT2D eigenvalue weighted by Crippen LogP contribution is 2.21. The molecular formula is C18H26F2N2O3. The van der Waals surface area contributed by atoms with E-state index >= 15 is 0 Å². The van der Waals surface area contributed by atoms with Crippen molar-refractivity contribution in [3.05, 3.63) is 24.3 Å². The number of carbonyl (C=O) groups is 1. The number of ether oxygens (including phenoxy) is 2. The number of anilines is 1. The lowest BCUT2D eigenvalue weighted by molar-refractivity contribution is -0.0498. The molecule has 1 aromatic carbocycles. The van der Waals surface area contributed by atoms with E-state index < -0.39 is 12.2 Å². The van der Waals surface area contributed by atoms with Gasteiger partial charge in [0.2, 0.25) is 0 Å². The third-order valence-corrected chi connectivity index (χ3v) is 3.85. The number of nitrogens with one attached hydrogen (secondary N) is 1. The topological polar surface area (TPSA) is 50.8 Å². The van der Waals surface area contributed by atoms with Gasteiger partial charge in [-0.15, -0.1) is 0 Å². The number of carbonyl (C=O) groups excluding carboxylic acids is 1. The molecule has 5 nitrogen and oxygen atoms in total. The molecule has 0 aliphatic carbocycles. The largest absolute Gasteiger partial charge is 0.444 e. The average Bonchev–Trinajstić information content (AvgIpc) is 2.52. The Morgan fingerprint density at radius 3 is 2.60 bits per heavy atom. The molecular weight excluding hydrogens is 330 g/mol. The molecule has 1 N–H and O–H groups in total. The number of alkyl halides is 2. The Balaban J connectivity index is 1.81. The van der Waals surface area contributed by atoms with E-state index in [2.05, 4.69) is 10.1 Å². The smallest absolute Gasteiger partial charge is 0.410 e. The summed E-state index contributed by atoms with van der Waals surface area (Å²) in [6.45, 7) is 4.81. The highest BCUT2D eigenvalue weighted by Gasteiger charge is 2.27. The predicted octanol–water partition coefficient (Wildman–Crippen LogP) is 4.35. The first-order valence-corrected chi connectivity index (χ1v) is 8.49. The molecule has 1 amide bonds. The number of halogens is 2. The van der Waals surface area contributed by atoms with Crippen LogP contribution >= 0.6 is 0 Å². The van der Waals surface area contributed by atoms with E-state index in [0.29, 0.717) is 25.6 Å². The summed E-state index contributed by atoms with van der Waals surface area (Å²) in [5.74, 6) is 0.451. The minimum atomic E-state index is -2.82. The van der Waals surface area contributed by atoms with E-state index in [4.69, 9.17) is 4.74 Å². The lowest BCUT2D eigenvalue weighted by Gasteiger charge is -2.34. The van der Waals surface area contributed by atoms with Gasteiger partial charge in [0.05, 0.1) is 0 Å². The zero-order chi connectivity index (χ0) is 18.4. The van der Waals surface area contributed by atoms with Gasteiger partial charge in [-0.05, 0) is 63.8 Å². The summed E-state index contributed by atoms with van der Waals surface area (Å²) >= 11 is 0. The monoisotopic (exact) mass is 356 g/mol. The van der Waals surface area contributed by atoms with Gasteiger partial charge in [-0.1, -0.05) is 0 Å². The number of amides is 1. The van der Waals surface area contributed by atoms with Crippen molar-refractivity contribution in [2.45, 2.75) is 45.8 Å². The van der Waals surface area contributed by atoms with Gasteiger partial charge < -0.3 is 19.7 Å². The second-order valence-electron chi connectivity index (χ2n) is 7.22. The van der Waals surface area contributed by atoms with Gasteiger partial charge in [0.15, 0.2) is 0 Å². The van der Waals surface area contributed by atoms with Crippen LogP contribution in [0.25, 0.3) is 0 Å². The molecule has 1 unspecified atom stereocenters. The molecule has 7 heteroatoms. The summed E-state index contributed by atoms with van der Waals surface area (Å²) in [6.07, 6.45) is 1.69. The van der Waals surface area contributed by atoms with E-state index in [1.54, 1.807) is 17.0 Å². The molecule has 0 saturated carbocycles. The van der Waals surface area contributed by atoms with Gasteiger partial charge in [0.25, 0.3) is 0 Å². The molecule has 1 saturated heterocycles. The average molecular weight is 356 g/mol. The highest BCUT2D eigenvalue weighted by molar-refractivity contribution is 5.68. The Hall–Kier alpha value is -2.05. The SMILES string of the molecule is CC(C)(C)OC(=O)N1CCCC(CNc2ccc(OC(F)F)cc2)C1. The molecule has 0 aromatic heterocycles. The number of likely N-dealkylation sites (tertiary alicyclic amines) is 1. The van der Waals surface area contributed by atoms with E-state index in [0.717, 1.165) is 18.5 Å². The Labute approximate surface area is 147 Å². The lowest BCUT2D eigenvalue weighted by atomic mass is 9.98. The van der Waals surface area contributed by atoms with Crippen molar-refractivity contribution in [1.82, 2.24) is 4.90 Å².